The fraction of sp³-hybridized carbons (Fsp3) is 0.750. The number of hydrogen-bond donors (Lipinski definition) is 4. The Labute approximate surface area is 278 Å². The maximum Gasteiger partial charge on any atom is 1.00 e. The van der Waals surface area contributed by atoms with E-state index in [2.05, 4.69) is 0 Å². The molecule has 136 valence electrons. The molecular formula is C12H20K3NO10. The first-order valence-corrected chi connectivity index (χ1v) is 6.51. The van der Waals surface area contributed by atoms with E-state index in [1.807, 2.05) is 0 Å². The predicted molar refractivity (Wildman–Crippen MR) is 66.9 cm³/mol. The van der Waals surface area contributed by atoms with Gasteiger partial charge in [0.15, 0.2) is 0 Å². The second-order valence-corrected chi connectivity index (χ2v) is 4.43. The van der Waals surface area contributed by atoms with Crippen molar-refractivity contribution in [3.8, 4) is 0 Å². The zero-order chi connectivity index (χ0) is 18.5. The summed E-state index contributed by atoms with van der Waals surface area (Å²) in [4.78, 5) is 31.8. The number of carboxylic acid groups (broad SMARTS) is 3. The van der Waals surface area contributed by atoms with Gasteiger partial charge in [-0.3, -0.25) is 4.90 Å². The van der Waals surface area contributed by atoms with Crippen molar-refractivity contribution in [3.05, 3.63) is 0 Å². The van der Waals surface area contributed by atoms with Gasteiger partial charge in [-0.05, 0) is 0 Å². The van der Waals surface area contributed by atoms with E-state index in [-0.39, 0.29) is 174 Å². The van der Waals surface area contributed by atoms with Crippen LogP contribution >= 0.6 is 0 Å². The number of nitrogens with zero attached hydrogens (tertiary/aromatic N) is 1. The van der Waals surface area contributed by atoms with Gasteiger partial charge in [-0.15, -0.1) is 0 Å². The van der Waals surface area contributed by atoms with E-state index in [4.69, 9.17) is 20.4 Å². The van der Waals surface area contributed by atoms with E-state index in [0.29, 0.717) is 19.6 Å². The third kappa shape index (κ3) is 23.4. The first-order chi connectivity index (χ1) is 10.6. The van der Waals surface area contributed by atoms with Crippen LogP contribution in [-0.4, -0.2) is 88.3 Å². The summed E-state index contributed by atoms with van der Waals surface area (Å²) in [7, 11) is 0. The standard InChI is InChI=1S/C6H15NO3.C6H8O7.3K/c8-4-1-7(2-5-9)3-6-10;7-3(8)1-6(13,5(11)12)2-4(9)10;;;/h8-10H,1-6H2;13H,1-2H2,(H,7,8)(H,9,10)(H,11,12);;;/q;;3*+1/p-3. The molecule has 0 aliphatic carbocycles. The molecule has 0 atom stereocenters. The van der Waals surface area contributed by atoms with E-state index in [1.54, 1.807) is 4.90 Å². The molecule has 0 spiro atoms. The summed E-state index contributed by atoms with van der Waals surface area (Å²) in [6, 6.07) is 0. The molecule has 0 saturated heterocycles. The third-order valence-electron chi connectivity index (χ3n) is 2.50. The molecule has 0 heterocycles. The molecule has 0 amide bonds. The van der Waals surface area contributed by atoms with E-state index in [9.17, 15) is 29.7 Å². The van der Waals surface area contributed by atoms with Gasteiger partial charge in [0, 0.05) is 44.4 Å². The Morgan fingerprint density at radius 2 is 1.00 bits per heavy atom. The van der Waals surface area contributed by atoms with E-state index in [1.165, 1.54) is 0 Å². The Kier molecular flexibility index (Phi) is 37.1. The van der Waals surface area contributed by atoms with Crippen molar-refractivity contribution in [2.45, 2.75) is 18.4 Å². The van der Waals surface area contributed by atoms with Gasteiger partial charge in [0.2, 0.25) is 0 Å². The molecule has 0 radical (unpaired) electrons. The topological polar surface area (TPSA) is 205 Å². The molecule has 0 saturated carbocycles. The van der Waals surface area contributed by atoms with Crippen molar-refractivity contribution < 1.29 is 204 Å². The number of rotatable bonds is 11. The first-order valence-electron chi connectivity index (χ1n) is 6.51. The smallest absolute Gasteiger partial charge is 0.550 e. The van der Waals surface area contributed by atoms with E-state index in [0.717, 1.165) is 0 Å². The molecule has 4 N–H and O–H groups in total. The molecule has 11 nitrogen and oxygen atoms in total. The van der Waals surface area contributed by atoms with Crippen molar-refractivity contribution in [2.24, 2.45) is 0 Å². The molecule has 0 bridgehead atoms. The van der Waals surface area contributed by atoms with Gasteiger partial charge >= 0.3 is 154 Å². The van der Waals surface area contributed by atoms with Gasteiger partial charge in [0.1, 0.15) is 5.60 Å². The Morgan fingerprint density at radius 1 is 0.731 bits per heavy atom. The zero-order valence-corrected chi connectivity index (χ0v) is 24.7. The number of hydrogen-bond acceptors (Lipinski definition) is 11. The molecule has 0 aromatic rings. The van der Waals surface area contributed by atoms with Crippen molar-refractivity contribution in [3.63, 3.8) is 0 Å². The number of aliphatic carboxylic acids is 3. The molecule has 0 rings (SSSR count). The van der Waals surface area contributed by atoms with Gasteiger partial charge in [0.25, 0.3) is 0 Å². The Hall–Kier alpha value is 3.12. The van der Waals surface area contributed by atoms with E-state index >= 15 is 0 Å². The van der Waals surface area contributed by atoms with Crippen molar-refractivity contribution in [1.29, 1.82) is 0 Å². The summed E-state index contributed by atoms with van der Waals surface area (Å²) in [5, 5.41) is 64.4. The third-order valence-corrected chi connectivity index (χ3v) is 2.50. The summed E-state index contributed by atoms with van der Waals surface area (Å²) in [6.07, 6.45) is -2.72. The summed E-state index contributed by atoms with van der Waals surface area (Å²) in [5.74, 6) is -5.98. The summed E-state index contributed by atoms with van der Waals surface area (Å²) in [5.41, 5.74) is -2.97. The fourth-order valence-electron chi connectivity index (χ4n) is 1.44. The van der Waals surface area contributed by atoms with Crippen LogP contribution in [0.4, 0.5) is 0 Å². The van der Waals surface area contributed by atoms with Crippen LogP contribution in [0.3, 0.4) is 0 Å². The molecule has 0 unspecified atom stereocenters. The largest absolute Gasteiger partial charge is 1.00 e. The first kappa shape index (κ1) is 39.6. The number of carbonyl (C=O) groups is 3. The van der Waals surface area contributed by atoms with Crippen LogP contribution < -0.4 is 169 Å². The number of aliphatic hydroxyl groups excluding tert-OH is 3. The number of carboxylic acids is 3. The van der Waals surface area contributed by atoms with Gasteiger partial charge < -0.3 is 50.1 Å². The van der Waals surface area contributed by atoms with Gasteiger partial charge in [0.05, 0.1) is 25.8 Å². The second kappa shape index (κ2) is 24.4. The molecule has 26 heavy (non-hydrogen) atoms. The molecule has 0 aromatic heterocycles. The average Bonchev–Trinajstić information content (AvgIpc) is 2.38. The van der Waals surface area contributed by atoms with Gasteiger partial charge in [-0.25, -0.2) is 0 Å². The van der Waals surface area contributed by atoms with Crippen molar-refractivity contribution in [1.82, 2.24) is 4.90 Å². The molecule has 0 fully saturated rings. The Morgan fingerprint density at radius 3 is 1.15 bits per heavy atom. The van der Waals surface area contributed by atoms with Crippen LogP contribution in [0.2, 0.25) is 0 Å². The Balaban J connectivity index is -0.000000104. The molecule has 0 aromatic carbocycles. The molecular weight excluding hydrogens is 435 g/mol. The number of carbonyl (C=O) groups excluding carboxylic acids is 3. The van der Waals surface area contributed by atoms with E-state index < -0.39 is 36.4 Å². The summed E-state index contributed by atoms with van der Waals surface area (Å²) < 4.78 is 0. The minimum absolute atomic E-state index is 0. The van der Waals surface area contributed by atoms with Crippen LogP contribution in [0.5, 0.6) is 0 Å². The normalized spacial score (nSPS) is 9.58. The van der Waals surface area contributed by atoms with Gasteiger partial charge in [-0.2, -0.15) is 0 Å². The van der Waals surface area contributed by atoms with Crippen LogP contribution in [-0.2, 0) is 14.4 Å². The zero-order valence-electron chi connectivity index (χ0n) is 15.3. The summed E-state index contributed by atoms with van der Waals surface area (Å²) >= 11 is 0. The number of aliphatic hydroxyl groups is 4. The molecule has 0 aliphatic heterocycles. The van der Waals surface area contributed by atoms with Crippen LogP contribution in [0, 0.1) is 0 Å². The second-order valence-electron chi connectivity index (χ2n) is 4.43. The summed E-state index contributed by atoms with van der Waals surface area (Å²) in [6.45, 7) is 1.75. The fourth-order valence-corrected chi connectivity index (χ4v) is 1.44. The minimum atomic E-state index is -2.97. The van der Waals surface area contributed by atoms with Crippen LogP contribution in [0.1, 0.15) is 12.8 Å². The quantitative estimate of drug-likeness (QED) is 0.215. The van der Waals surface area contributed by atoms with Crippen molar-refractivity contribution in [2.75, 3.05) is 39.5 Å². The SMILES string of the molecule is O=C([O-])CC(O)(CC(=O)[O-])C(=O)[O-].OCCN(CCO)CCO.[K+].[K+].[K+]. The van der Waals surface area contributed by atoms with Gasteiger partial charge in [-0.1, -0.05) is 0 Å². The predicted octanol–water partition coefficient (Wildman–Crippen LogP) is -16.0. The maximum absolute atomic E-state index is 10.1. The average molecular weight is 456 g/mol. The molecule has 14 heteroatoms. The van der Waals surface area contributed by atoms with Crippen LogP contribution in [0.15, 0.2) is 0 Å². The molecule has 0 aliphatic rings. The monoisotopic (exact) mass is 455 g/mol. The Bertz CT molecular complexity index is 356. The minimum Gasteiger partial charge on any atom is -0.550 e. The maximum atomic E-state index is 10.1. The van der Waals surface area contributed by atoms with Crippen LogP contribution in [0.25, 0.3) is 0 Å². The van der Waals surface area contributed by atoms with Crippen molar-refractivity contribution >= 4 is 17.9 Å².